The molecule has 0 unspecified atom stereocenters. The number of nitrogens with zero attached hydrogens (tertiary/aromatic N) is 3. The highest BCUT2D eigenvalue weighted by atomic mass is 19.4. The van der Waals surface area contributed by atoms with Gasteiger partial charge in [-0.15, -0.1) is 0 Å². The summed E-state index contributed by atoms with van der Waals surface area (Å²) in [6.45, 7) is 0.197. The van der Waals surface area contributed by atoms with Gasteiger partial charge in [0.15, 0.2) is 0 Å². The van der Waals surface area contributed by atoms with Crippen LogP contribution in [-0.4, -0.2) is 40.0 Å². The number of carbonyl (C=O) groups is 1. The van der Waals surface area contributed by atoms with Gasteiger partial charge in [0.2, 0.25) is 5.82 Å². The lowest BCUT2D eigenvalue weighted by atomic mass is 9.96. The van der Waals surface area contributed by atoms with E-state index < -0.39 is 18.0 Å². The molecule has 7 heteroatoms. The summed E-state index contributed by atoms with van der Waals surface area (Å²) in [6, 6.07) is 1.58. The number of hydrogen-bond acceptors (Lipinski definition) is 3. The summed E-state index contributed by atoms with van der Waals surface area (Å²) in [5.41, 5.74) is 0. The predicted molar refractivity (Wildman–Crippen MR) is 56.7 cm³/mol. The van der Waals surface area contributed by atoms with E-state index in [9.17, 15) is 18.0 Å². The first-order chi connectivity index (χ1) is 8.48. The third-order valence-electron chi connectivity index (χ3n) is 3.00. The molecule has 2 rings (SSSR count). The maximum atomic E-state index is 12.5. The van der Waals surface area contributed by atoms with Crippen molar-refractivity contribution in [2.45, 2.75) is 19.0 Å². The van der Waals surface area contributed by atoms with Crippen molar-refractivity contribution < 1.29 is 18.0 Å². The largest absolute Gasteiger partial charge is 0.391 e. The summed E-state index contributed by atoms with van der Waals surface area (Å²) in [5, 5.41) is 0. The van der Waals surface area contributed by atoms with Crippen LogP contribution in [0.3, 0.4) is 0 Å². The van der Waals surface area contributed by atoms with Crippen LogP contribution in [0.4, 0.5) is 13.2 Å². The number of alkyl halides is 3. The second-order valence-electron chi connectivity index (χ2n) is 4.18. The maximum Gasteiger partial charge on any atom is 0.391 e. The van der Waals surface area contributed by atoms with Crippen molar-refractivity contribution in [3.05, 3.63) is 24.3 Å². The lowest BCUT2D eigenvalue weighted by Crippen LogP contribution is -2.42. The first-order valence-electron chi connectivity index (χ1n) is 5.61. The van der Waals surface area contributed by atoms with Crippen molar-refractivity contribution in [3.63, 3.8) is 0 Å². The van der Waals surface area contributed by atoms with Gasteiger partial charge in [0.1, 0.15) is 0 Å². The number of piperidine rings is 1. The Morgan fingerprint density at radius 3 is 2.28 bits per heavy atom. The molecule has 0 radical (unpaired) electrons. The summed E-state index contributed by atoms with van der Waals surface area (Å²) in [7, 11) is 0. The molecule has 0 atom stereocenters. The standard InChI is InChI=1S/C11H12F3N3O/c12-11(13,14)8-2-6-17(7-3-8)10(18)9-15-4-1-5-16-9/h1,4-5,8H,2-3,6-7H2. The monoisotopic (exact) mass is 259 g/mol. The van der Waals surface area contributed by atoms with Crippen LogP contribution in [0.15, 0.2) is 18.5 Å². The zero-order valence-corrected chi connectivity index (χ0v) is 9.52. The molecule has 1 saturated heterocycles. The van der Waals surface area contributed by atoms with Gasteiger partial charge in [-0.05, 0) is 18.9 Å². The maximum absolute atomic E-state index is 12.5. The molecule has 1 fully saturated rings. The topological polar surface area (TPSA) is 46.1 Å². The van der Waals surface area contributed by atoms with Crippen LogP contribution in [0.5, 0.6) is 0 Å². The van der Waals surface area contributed by atoms with E-state index in [4.69, 9.17) is 0 Å². The van der Waals surface area contributed by atoms with Gasteiger partial charge in [-0.1, -0.05) is 0 Å². The summed E-state index contributed by atoms with van der Waals surface area (Å²) in [4.78, 5) is 20.8. The number of hydrogen-bond donors (Lipinski definition) is 0. The molecular weight excluding hydrogens is 247 g/mol. The molecule has 18 heavy (non-hydrogen) atoms. The van der Waals surface area contributed by atoms with Gasteiger partial charge in [-0.3, -0.25) is 4.79 Å². The summed E-state index contributed by atoms with van der Waals surface area (Å²) in [6.07, 6.45) is -1.41. The zero-order valence-electron chi connectivity index (χ0n) is 9.52. The first-order valence-corrected chi connectivity index (χ1v) is 5.61. The van der Waals surface area contributed by atoms with Crippen LogP contribution in [0, 0.1) is 5.92 Å². The molecule has 1 aromatic heterocycles. The lowest BCUT2D eigenvalue weighted by Gasteiger charge is -2.32. The Morgan fingerprint density at radius 2 is 1.78 bits per heavy atom. The van der Waals surface area contributed by atoms with E-state index in [1.54, 1.807) is 6.07 Å². The minimum atomic E-state index is -4.17. The highest BCUT2D eigenvalue weighted by molar-refractivity contribution is 5.90. The van der Waals surface area contributed by atoms with Gasteiger partial charge in [0.25, 0.3) is 5.91 Å². The molecule has 0 bridgehead atoms. The highest BCUT2D eigenvalue weighted by Crippen LogP contribution is 2.34. The minimum Gasteiger partial charge on any atom is -0.336 e. The Hall–Kier alpha value is -1.66. The normalized spacial score (nSPS) is 17.8. The summed E-state index contributed by atoms with van der Waals surface area (Å²) in [5.74, 6) is -1.68. The summed E-state index contributed by atoms with van der Waals surface area (Å²) < 4.78 is 37.4. The number of carbonyl (C=O) groups excluding carboxylic acids is 1. The molecule has 0 spiro atoms. The molecule has 0 aromatic carbocycles. The van der Waals surface area contributed by atoms with Crippen molar-refractivity contribution in [3.8, 4) is 0 Å². The Bertz CT molecular complexity index is 413. The van der Waals surface area contributed by atoms with E-state index in [-0.39, 0.29) is 31.8 Å². The number of rotatable bonds is 1. The fourth-order valence-electron chi connectivity index (χ4n) is 1.96. The van der Waals surface area contributed by atoms with Crippen molar-refractivity contribution in [2.24, 2.45) is 5.92 Å². The van der Waals surface area contributed by atoms with Crippen LogP contribution in [0.25, 0.3) is 0 Å². The van der Waals surface area contributed by atoms with Gasteiger partial charge in [-0.2, -0.15) is 13.2 Å². The number of aromatic nitrogens is 2. The molecule has 0 N–H and O–H groups in total. The Morgan fingerprint density at radius 1 is 1.22 bits per heavy atom. The van der Waals surface area contributed by atoms with E-state index in [1.807, 2.05) is 0 Å². The van der Waals surface area contributed by atoms with Crippen molar-refractivity contribution in [1.29, 1.82) is 0 Å². The van der Waals surface area contributed by atoms with Gasteiger partial charge >= 0.3 is 6.18 Å². The second kappa shape index (κ2) is 4.91. The SMILES string of the molecule is O=C(c1ncccn1)N1CCC(C(F)(F)F)CC1. The van der Waals surface area contributed by atoms with Gasteiger partial charge in [-0.25, -0.2) is 9.97 Å². The van der Waals surface area contributed by atoms with Gasteiger partial charge in [0.05, 0.1) is 5.92 Å². The second-order valence-corrected chi connectivity index (χ2v) is 4.18. The van der Waals surface area contributed by atoms with E-state index >= 15 is 0 Å². The van der Waals surface area contributed by atoms with Gasteiger partial charge in [0, 0.05) is 25.5 Å². The van der Waals surface area contributed by atoms with E-state index in [2.05, 4.69) is 9.97 Å². The van der Waals surface area contributed by atoms with E-state index in [1.165, 1.54) is 17.3 Å². The molecule has 0 saturated carbocycles. The molecule has 4 nitrogen and oxygen atoms in total. The average Bonchev–Trinajstić information content (AvgIpc) is 2.38. The fourth-order valence-corrected chi connectivity index (χ4v) is 1.96. The molecule has 1 aromatic rings. The van der Waals surface area contributed by atoms with Crippen molar-refractivity contribution >= 4 is 5.91 Å². The number of halogens is 3. The average molecular weight is 259 g/mol. The third kappa shape index (κ3) is 2.77. The van der Waals surface area contributed by atoms with Crippen LogP contribution in [0.1, 0.15) is 23.5 Å². The van der Waals surface area contributed by atoms with Gasteiger partial charge < -0.3 is 4.90 Å². The van der Waals surface area contributed by atoms with E-state index in [0.29, 0.717) is 0 Å². The van der Waals surface area contributed by atoms with Crippen LogP contribution >= 0.6 is 0 Å². The van der Waals surface area contributed by atoms with Crippen LogP contribution in [0.2, 0.25) is 0 Å². The molecule has 2 heterocycles. The smallest absolute Gasteiger partial charge is 0.336 e. The third-order valence-corrected chi connectivity index (χ3v) is 3.00. The van der Waals surface area contributed by atoms with Crippen LogP contribution < -0.4 is 0 Å². The Kier molecular flexibility index (Phi) is 3.49. The minimum absolute atomic E-state index is 0.0305. The van der Waals surface area contributed by atoms with Crippen LogP contribution in [-0.2, 0) is 0 Å². The fraction of sp³-hybridized carbons (Fsp3) is 0.545. The van der Waals surface area contributed by atoms with E-state index in [0.717, 1.165) is 0 Å². The van der Waals surface area contributed by atoms with Crippen molar-refractivity contribution in [2.75, 3.05) is 13.1 Å². The van der Waals surface area contributed by atoms with Crippen molar-refractivity contribution in [1.82, 2.24) is 14.9 Å². The molecule has 0 aliphatic carbocycles. The lowest BCUT2D eigenvalue weighted by molar-refractivity contribution is -0.183. The summed E-state index contributed by atoms with van der Waals surface area (Å²) >= 11 is 0. The zero-order chi connectivity index (χ0) is 13.2. The number of amides is 1. The number of likely N-dealkylation sites (tertiary alicyclic amines) is 1. The Balaban J connectivity index is 1.96. The Labute approximate surface area is 102 Å². The molecule has 1 amide bonds. The molecule has 98 valence electrons. The molecular formula is C11H12F3N3O. The quantitative estimate of drug-likeness (QED) is 0.773. The first kappa shape index (κ1) is 12.8. The molecule has 1 aliphatic heterocycles. The highest BCUT2D eigenvalue weighted by Gasteiger charge is 2.41. The molecule has 1 aliphatic rings. The predicted octanol–water partition coefficient (Wildman–Crippen LogP) is 1.89.